The molecular weight excluding hydrogens is 268 g/mol. The van der Waals surface area contributed by atoms with Crippen molar-refractivity contribution in [2.24, 2.45) is 0 Å². The van der Waals surface area contributed by atoms with Gasteiger partial charge in [0.05, 0.1) is 6.04 Å². The molecule has 0 aliphatic rings. The van der Waals surface area contributed by atoms with Crippen LogP contribution >= 0.6 is 11.3 Å². The fourth-order valence-corrected chi connectivity index (χ4v) is 2.59. The average Bonchev–Trinajstić information content (AvgIpc) is 2.94. The van der Waals surface area contributed by atoms with Crippen LogP contribution in [0.5, 0.6) is 5.75 Å². The second-order valence-electron chi connectivity index (χ2n) is 5.06. The number of rotatable bonds is 7. The van der Waals surface area contributed by atoms with Gasteiger partial charge in [0.25, 0.3) is 0 Å². The molecule has 0 aliphatic heterocycles. The van der Waals surface area contributed by atoms with Crippen molar-refractivity contribution in [2.75, 3.05) is 32.6 Å². The quantitative estimate of drug-likeness (QED) is 0.838. The van der Waals surface area contributed by atoms with E-state index < -0.39 is 0 Å². The largest absolute Gasteiger partial charge is 0.492 e. The molecule has 1 N–H and O–H groups in total. The summed E-state index contributed by atoms with van der Waals surface area (Å²) in [6, 6.07) is 12.7. The molecule has 1 atom stereocenters. The van der Waals surface area contributed by atoms with Crippen molar-refractivity contribution in [1.82, 2.24) is 4.90 Å². The molecule has 0 amide bonds. The molecule has 0 fully saturated rings. The Labute approximate surface area is 125 Å². The van der Waals surface area contributed by atoms with Gasteiger partial charge in [0.1, 0.15) is 12.4 Å². The molecule has 1 unspecified atom stereocenters. The van der Waals surface area contributed by atoms with Crippen LogP contribution in [0.1, 0.15) is 17.8 Å². The second kappa shape index (κ2) is 7.31. The van der Waals surface area contributed by atoms with E-state index in [1.807, 2.05) is 26.2 Å². The highest BCUT2D eigenvalue weighted by molar-refractivity contribution is 7.10. The van der Waals surface area contributed by atoms with Crippen LogP contribution in [0.25, 0.3) is 0 Å². The summed E-state index contributed by atoms with van der Waals surface area (Å²) in [6.07, 6.45) is 0. The van der Waals surface area contributed by atoms with E-state index in [0.717, 1.165) is 18.0 Å². The smallest absolute Gasteiger partial charge is 0.119 e. The minimum atomic E-state index is 0.329. The summed E-state index contributed by atoms with van der Waals surface area (Å²) in [5.41, 5.74) is 1.12. The summed E-state index contributed by atoms with van der Waals surface area (Å²) >= 11 is 1.78. The molecule has 108 valence electrons. The van der Waals surface area contributed by atoms with Gasteiger partial charge in [0.2, 0.25) is 0 Å². The van der Waals surface area contributed by atoms with Gasteiger partial charge >= 0.3 is 0 Å². The van der Waals surface area contributed by atoms with Crippen molar-refractivity contribution in [2.45, 2.75) is 13.0 Å². The van der Waals surface area contributed by atoms with Crippen molar-refractivity contribution < 1.29 is 4.74 Å². The highest BCUT2D eigenvalue weighted by Crippen LogP contribution is 2.24. The molecule has 2 aromatic rings. The summed E-state index contributed by atoms with van der Waals surface area (Å²) < 4.78 is 5.68. The van der Waals surface area contributed by atoms with Crippen LogP contribution in [0.3, 0.4) is 0 Å². The van der Waals surface area contributed by atoms with Gasteiger partial charge in [0, 0.05) is 17.1 Å². The van der Waals surface area contributed by atoms with Crippen molar-refractivity contribution in [3.8, 4) is 5.75 Å². The molecule has 0 saturated carbocycles. The average molecular weight is 290 g/mol. The van der Waals surface area contributed by atoms with Gasteiger partial charge in [-0.15, -0.1) is 11.3 Å². The second-order valence-corrected chi connectivity index (χ2v) is 6.04. The van der Waals surface area contributed by atoms with E-state index in [4.69, 9.17) is 4.74 Å². The third-order valence-electron chi connectivity index (χ3n) is 3.01. The Morgan fingerprint density at radius 3 is 2.55 bits per heavy atom. The van der Waals surface area contributed by atoms with Crippen LogP contribution < -0.4 is 10.1 Å². The summed E-state index contributed by atoms with van der Waals surface area (Å²) in [5, 5.41) is 5.60. The topological polar surface area (TPSA) is 24.5 Å². The van der Waals surface area contributed by atoms with Gasteiger partial charge in [-0.1, -0.05) is 6.07 Å². The molecule has 1 heterocycles. The Hall–Kier alpha value is -1.52. The van der Waals surface area contributed by atoms with E-state index in [1.54, 1.807) is 11.3 Å². The van der Waals surface area contributed by atoms with Crippen LogP contribution in [-0.2, 0) is 0 Å². The number of benzene rings is 1. The molecule has 0 aliphatic carbocycles. The number of hydrogen-bond donors (Lipinski definition) is 1. The zero-order valence-corrected chi connectivity index (χ0v) is 13.1. The number of nitrogens with zero attached hydrogens (tertiary/aromatic N) is 1. The maximum Gasteiger partial charge on any atom is 0.119 e. The summed E-state index contributed by atoms with van der Waals surface area (Å²) in [4.78, 5) is 3.45. The molecule has 20 heavy (non-hydrogen) atoms. The molecule has 2 rings (SSSR count). The maximum absolute atomic E-state index is 5.68. The summed E-state index contributed by atoms with van der Waals surface area (Å²) in [6.45, 7) is 3.81. The van der Waals surface area contributed by atoms with Crippen LogP contribution in [0.4, 0.5) is 5.69 Å². The van der Waals surface area contributed by atoms with Gasteiger partial charge in [0.15, 0.2) is 0 Å². The lowest BCUT2D eigenvalue weighted by Crippen LogP contribution is -2.19. The van der Waals surface area contributed by atoms with Gasteiger partial charge in [-0.3, -0.25) is 0 Å². The number of hydrogen-bond acceptors (Lipinski definition) is 4. The van der Waals surface area contributed by atoms with E-state index in [1.165, 1.54) is 4.88 Å². The minimum absolute atomic E-state index is 0.329. The van der Waals surface area contributed by atoms with Crippen molar-refractivity contribution in [3.63, 3.8) is 0 Å². The predicted molar refractivity (Wildman–Crippen MR) is 86.8 cm³/mol. The predicted octanol–water partition coefficient (Wildman–Crippen LogP) is 3.86. The number of thiophene rings is 1. The van der Waals surface area contributed by atoms with Gasteiger partial charge in [-0.2, -0.15) is 0 Å². The Balaban J connectivity index is 1.85. The van der Waals surface area contributed by atoms with Crippen LogP contribution in [0.2, 0.25) is 0 Å². The lowest BCUT2D eigenvalue weighted by molar-refractivity contribution is 0.261. The lowest BCUT2D eigenvalue weighted by Gasteiger charge is -2.15. The molecule has 0 saturated heterocycles. The normalized spacial score (nSPS) is 12.4. The van der Waals surface area contributed by atoms with E-state index >= 15 is 0 Å². The third kappa shape index (κ3) is 4.54. The molecule has 0 radical (unpaired) electrons. The Kier molecular flexibility index (Phi) is 5.44. The van der Waals surface area contributed by atoms with Crippen molar-refractivity contribution in [1.29, 1.82) is 0 Å². The fourth-order valence-electron chi connectivity index (χ4n) is 1.85. The van der Waals surface area contributed by atoms with E-state index in [2.05, 4.69) is 46.8 Å². The van der Waals surface area contributed by atoms with Gasteiger partial charge in [-0.05, 0) is 56.7 Å². The van der Waals surface area contributed by atoms with Crippen LogP contribution in [-0.4, -0.2) is 32.1 Å². The Bertz CT molecular complexity index is 494. The number of anilines is 1. The molecule has 3 nitrogen and oxygen atoms in total. The number of nitrogens with one attached hydrogen (secondary N) is 1. The van der Waals surface area contributed by atoms with Crippen molar-refractivity contribution in [3.05, 3.63) is 46.7 Å². The van der Waals surface area contributed by atoms with E-state index in [-0.39, 0.29) is 0 Å². The maximum atomic E-state index is 5.68. The monoisotopic (exact) mass is 290 g/mol. The molecule has 4 heteroatoms. The molecule has 0 bridgehead atoms. The summed E-state index contributed by atoms with van der Waals surface area (Å²) in [7, 11) is 4.09. The van der Waals surface area contributed by atoms with Crippen LogP contribution in [0.15, 0.2) is 41.8 Å². The molecule has 1 aromatic carbocycles. The first kappa shape index (κ1) is 14.9. The first-order valence-corrected chi connectivity index (χ1v) is 7.70. The fraction of sp³-hybridized carbons (Fsp3) is 0.375. The standard InChI is InChI=1S/C16H22N2OS/c1-13(16-5-4-12-20-16)17-14-6-8-15(9-7-14)19-11-10-18(2)3/h4-9,12-13,17H,10-11H2,1-3H3. The Morgan fingerprint density at radius 2 is 1.95 bits per heavy atom. The molecule has 1 aromatic heterocycles. The number of ether oxygens (including phenoxy) is 1. The molecular formula is C16H22N2OS. The van der Waals surface area contributed by atoms with E-state index in [0.29, 0.717) is 12.6 Å². The van der Waals surface area contributed by atoms with Crippen molar-refractivity contribution >= 4 is 17.0 Å². The number of likely N-dealkylation sites (N-methyl/N-ethyl adjacent to an activating group) is 1. The summed E-state index contributed by atoms with van der Waals surface area (Å²) in [5.74, 6) is 0.918. The van der Waals surface area contributed by atoms with E-state index in [9.17, 15) is 0 Å². The first-order chi connectivity index (χ1) is 9.65. The zero-order chi connectivity index (χ0) is 14.4. The SMILES string of the molecule is CC(Nc1ccc(OCCN(C)C)cc1)c1cccs1. The van der Waals surface area contributed by atoms with Gasteiger partial charge < -0.3 is 15.0 Å². The lowest BCUT2D eigenvalue weighted by atomic mass is 10.2. The third-order valence-corrected chi connectivity index (χ3v) is 4.07. The first-order valence-electron chi connectivity index (χ1n) is 6.82. The van der Waals surface area contributed by atoms with Crippen LogP contribution in [0, 0.1) is 0 Å². The van der Waals surface area contributed by atoms with Gasteiger partial charge in [-0.25, -0.2) is 0 Å². The minimum Gasteiger partial charge on any atom is -0.492 e. The Morgan fingerprint density at radius 1 is 1.20 bits per heavy atom. The highest BCUT2D eigenvalue weighted by Gasteiger charge is 2.05. The highest BCUT2D eigenvalue weighted by atomic mass is 32.1. The zero-order valence-electron chi connectivity index (χ0n) is 12.3. The molecule has 0 spiro atoms.